The summed E-state index contributed by atoms with van der Waals surface area (Å²) in [6, 6.07) is 7.99. The number of rotatable bonds is 9. The smallest absolute Gasteiger partial charge is 0.188 e. The number of hydrogen-bond acceptors (Lipinski definition) is 3. The lowest BCUT2D eigenvalue weighted by Crippen LogP contribution is -2.32. The Morgan fingerprint density at radius 3 is 2.82 bits per heavy atom. The molecule has 1 rings (SSSR count). The van der Waals surface area contributed by atoms with Gasteiger partial charge in [-0.25, -0.2) is 4.99 Å². The Kier molecular flexibility index (Phi) is 11.9. The lowest BCUT2D eigenvalue weighted by Gasteiger charge is -2.11. The Hall–Kier alpha value is -1.02. The van der Waals surface area contributed by atoms with Crippen LogP contribution in [-0.2, 0) is 6.54 Å². The van der Waals surface area contributed by atoms with E-state index in [1.165, 1.54) is 0 Å². The van der Waals surface area contributed by atoms with Crippen molar-refractivity contribution in [2.24, 2.45) is 10.7 Å². The van der Waals surface area contributed by atoms with Gasteiger partial charge in [0.15, 0.2) is 5.96 Å². The Bertz CT molecular complexity index is 438. The normalized spacial score (nSPS) is 11.2. The Labute approximate surface area is 151 Å². The van der Waals surface area contributed by atoms with Crippen LogP contribution in [0.2, 0.25) is 0 Å². The topological polar surface area (TPSA) is 62.9 Å². The molecule has 1 aromatic rings. The molecule has 0 atom stereocenters. The van der Waals surface area contributed by atoms with Crippen LogP contribution in [0.3, 0.4) is 0 Å². The van der Waals surface area contributed by atoms with Crippen molar-refractivity contribution in [3.05, 3.63) is 29.8 Å². The molecule has 6 heteroatoms. The molecule has 0 aliphatic carbocycles. The van der Waals surface area contributed by atoms with Gasteiger partial charge in [0.1, 0.15) is 12.4 Å². The molecule has 5 nitrogen and oxygen atoms in total. The van der Waals surface area contributed by atoms with Gasteiger partial charge in [0, 0.05) is 13.1 Å². The van der Waals surface area contributed by atoms with Crippen molar-refractivity contribution >= 4 is 29.9 Å². The van der Waals surface area contributed by atoms with Crippen LogP contribution in [0.1, 0.15) is 25.3 Å². The number of guanidine groups is 1. The molecule has 0 aromatic heterocycles. The van der Waals surface area contributed by atoms with E-state index in [0.29, 0.717) is 19.1 Å². The fourth-order valence-corrected chi connectivity index (χ4v) is 1.71. The van der Waals surface area contributed by atoms with Gasteiger partial charge in [0.2, 0.25) is 0 Å². The summed E-state index contributed by atoms with van der Waals surface area (Å²) in [7, 11) is 4.06. The van der Waals surface area contributed by atoms with Crippen LogP contribution in [0.5, 0.6) is 5.75 Å². The number of nitrogens with two attached hydrogens (primary N) is 1. The third-order valence-electron chi connectivity index (χ3n) is 2.97. The van der Waals surface area contributed by atoms with Crippen molar-refractivity contribution < 1.29 is 4.74 Å². The van der Waals surface area contributed by atoms with E-state index in [9.17, 15) is 0 Å². The number of ether oxygens (including phenoxy) is 1. The van der Waals surface area contributed by atoms with Gasteiger partial charge in [-0.05, 0) is 38.2 Å². The first-order valence-electron chi connectivity index (χ1n) is 7.52. The highest BCUT2D eigenvalue weighted by Crippen LogP contribution is 2.14. The van der Waals surface area contributed by atoms with Crippen molar-refractivity contribution in [2.75, 3.05) is 33.8 Å². The number of benzene rings is 1. The molecule has 0 saturated carbocycles. The third-order valence-corrected chi connectivity index (χ3v) is 2.97. The predicted molar refractivity (Wildman–Crippen MR) is 104 cm³/mol. The number of likely N-dealkylation sites (N-methyl/N-ethyl adjacent to an activating group) is 1. The van der Waals surface area contributed by atoms with Gasteiger partial charge in [-0.1, -0.05) is 25.5 Å². The van der Waals surface area contributed by atoms with E-state index in [1.54, 1.807) is 0 Å². The highest BCUT2D eigenvalue weighted by molar-refractivity contribution is 14.0. The van der Waals surface area contributed by atoms with Gasteiger partial charge in [0.25, 0.3) is 0 Å². The summed E-state index contributed by atoms with van der Waals surface area (Å²) in [5.41, 5.74) is 6.91. The van der Waals surface area contributed by atoms with E-state index in [1.807, 2.05) is 38.4 Å². The summed E-state index contributed by atoms with van der Waals surface area (Å²) in [4.78, 5) is 6.43. The van der Waals surface area contributed by atoms with Crippen LogP contribution in [0.25, 0.3) is 0 Å². The first-order chi connectivity index (χ1) is 10.1. The van der Waals surface area contributed by atoms with Gasteiger partial charge in [-0.3, -0.25) is 0 Å². The van der Waals surface area contributed by atoms with Crippen LogP contribution in [-0.4, -0.2) is 44.7 Å². The molecule has 0 saturated heterocycles. The number of nitrogens with zero attached hydrogens (tertiary/aromatic N) is 2. The summed E-state index contributed by atoms with van der Waals surface area (Å²) in [6.45, 7) is 5.17. The van der Waals surface area contributed by atoms with Crippen LogP contribution in [0.4, 0.5) is 0 Å². The van der Waals surface area contributed by atoms with Crippen molar-refractivity contribution in [2.45, 2.75) is 26.3 Å². The number of nitrogens with one attached hydrogen (secondary N) is 1. The summed E-state index contributed by atoms with van der Waals surface area (Å²) in [5.74, 6) is 1.38. The summed E-state index contributed by atoms with van der Waals surface area (Å²) in [5, 5.41) is 3.11. The predicted octanol–water partition coefficient (Wildman–Crippen LogP) is 2.45. The Morgan fingerprint density at radius 1 is 1.36 bits per heavy atom. The molecule has 0 aliphatic heterocycles. The maximum absolute atomic E-state index is 5.82. The first-order valence-corrected chi connectivity index (χ1v) is 7.52. The minimum atomic E-state index is 0. The average Bonchev–Trinajstić information content (AvgIpc) is 2.45. The molecule has 0 bridgehead atoms. The molecule has 0 aliphatic rings. The van der Waals surface area contributed by atoms with Crippen molar-refractivity contribution in [1.29, 1.82) is 0 Å². The van der Waals surface area contributed by atoms with Crippen LogP contribution < -0.4 is 15.8 Å². The van der Waals surface area contributed by atoms with E-state index in [2.05, 4.69) is 22.1 Å². The number of halogens is 1. The van der Waals surface area contributed by atoms with Gasteiger partial charge < -0.3 is 20.7 Å². The first kappa shape index (κ1) is 21.0. The van der Waals surface area contributed by atoms with Crippen molar-refractivity contribution in [1.82, 2.24) is 10.2 Å². The molecule has 0 unspecified atom stereocenters. The van der Waals surface area contributed by atoms with Crippen molar-refractivity contribution in [3.8, 4) is 5.75 Å². The lowest BCUT2D eigenvalue weighted by molar-refractivity contribution is 0.261. The molecule has 1 aromatic carbocycles. The monoisotopic (exact) mass is 420 g/mol. The maximum atomic E-state index is 5.82. The minimum Gasteiger partial charge on any atom is -0.492 e. The molecule has 0 heterocycles. The lowest BCUT2D eigenvalue weighted by atomic mass is 10.2. The van der Waals surface area contributed by atoms with E-state index in [-0.39, 0.29) is 24.0 Å². The molecule has 3 N–H and O–H groups in total. The van der Waals surface area contributed by atoms with Crippen LogP contribution >= 0.6 is 24.0 Å². The van der Waals surface area contributed by atoms with E-state index < -0.39 is 0 Å². The minimum absolute atomic E-state index is 0. The Balaban J connectivity index is 0.00000441. The van der Waals surface area contributed by atoms with E-state index in [0.717, 1.165) is 37.2 Å². The quantitative estimate of drug-likeness (QED) is 0.279. The molecule has 0 spiro atoms. The molecule has 0 amide bonds. The summed E-state index contributed by atoms with van der Waals surface area (Å²) in [6.07, 6.45) is 2.25. The third kappa shape index (κ3) is 9.83. The zero-order chi connectivity index (χ0) is 15.5. The molecule has 0 fully saturated rings. The Morgan fingerprint density at radius 2 is 2.14 bits per heavy atom. The number of aliphatic imine (C=N–C) groups is 1. The van der Waals surface area contributed by atoms with E-state index >= 15 is 0 Å². The van der Waals surface area contributed by atoms with Crippen LogP contribution in [0.15, 0.2) is 29.3 Å². The van der Waals surface area contributed by atoms with Crippen molar-refractivity contribution in [3.63, 3.8) is 0 Å². The van der Waals surface area contributed by atoms with Gasteiger partial charge in [0.05, 0.1) is 6.54 Å². The van der Waals surface area contributed by atoms with Crippen LogP contribution in [0, 0.1) is 0 Å². The highest BCUT2D eigenvalue weighted by atomic mass is 127. The average molecular weight is 420 g/mol. The summed E-state index contributed by atoms with van der Waals surface area (Å²) >= 11 is 0. The largest absolute Gasteiger partial charge is 0.492 e. The molecule has 22 heavy (non-hydrogen) atoms. The van der Waals surface area contributed by atoms with Gasteiger partial charge in [-0.2, -0.15) is 0 Å². The molecule has 0 radical (unpaired) electrons. The standard InChI is InChI=1S/C16H28N4O.HI/c1-4-5-9-18-16(17)19-13-14-7-6-8-15(12-14)21-11-10-20(2)3;/h6-8,12H,4-5,9-11,13H2,1-3H3,(H3,17,18,19);1H. The fourth-order valence-electron chi connectivity index (χ4n) is 1.71. The molecular formula is C16H29IN4O. The second kappa shape index (κ2) is 12.5. The SMILES string of the molecule is CCCCNC(N)=NCc1cccc(OCCN(C)C)c1.I. The zero-order valence-corrected chi connectivity index (χ0v) is 16.2. The number of hydrogen-bond donors (Lipinski definition) is 2. The van der Waals surface area contributed by atoms with Gasteiger partial charge in [-0.15, -0.1) is 24.0 Å². The second-order valence-corrected chi connectivity index (χ2v) is 5.28. The summed E-state index contributed by atoms with van der Waals surface area (Å²) < 4.78 is 5.71. The van der Waals surface area contributed by atoms with E-state index in [4.69, 9.17) is 10.5 Å². The molecule has 126 valence electrons. The second-order valence-electron chi connectivity index (χ2n) is 5.28. The van der Waals surface area contributed by atoms with Gasteiger partial charge >= 0.3 is 0 Å². The zero-order valence-electron chi connectivity index (χ0n) is 13.8. The fraction of sp³-hybridized carbons (Fsp3) is 0.562. The maximum Gasteiger partial charge on any atom is 0.188 e. The highest BCUT2D eigenvalue weighted by Gasteiger charge is 1.98. The number of unbranched alkanes of at least 4 members (excludes halogenated alkanes) is 1. The molecular weight excluding hydrogens is 391 g/mol.